The van der Waals surface area contributed by atoms with Crippen LogP contribution in [0.3, 0.4) is 0 Å². The lowest BCUT2D eigenvalue weighted by atomic mass is 9.96. The van der Waals surface area contributed by atoms with E-state index in [2.05, 4.69) is 29.4 Å². The molecule has 0 bridgehead atoms. The molecule has 3 rings (SSSR count). The number of hydrogen-bond acceptors (Lipinski definition) is 3. The number of fused-ring (bicyclic) bond motifs is 1. The molecule has 3 aromatic rings. The number of rotatable bonds is 6. The first kappa shape index (κ1) is 17.9. The molecule has 0 unspecified atom stereocenters. The van der Waals surface area contributed by atoms with Crippen molar-refractivity contribution in [2.75, 3.05) is 0 Å². The van der Waals surface area contributed by atoms with Gasteiger partial charge in [-0.3, -0.25) is 9.59 Å². The van der Waals surface area contributed by atoms with Gasteiger partial charge in [0.1, 0.15) is 0 Å². The third kappa shape index (κ3) is 4.17. The minimum Gasteiger partial charge on any atom is -0.349 e. The Balaban J connectivity index is 1.81. The van der Waals surface area contributed by atoms with Crippen LogP contribution in [0.4, 0.5) is 0 Å². The van der Waals surface area contributed by atoms with Crippen molar-refractivity contribution in [3.63, 3.8) is 0 Å². The summed E-state index contributed by atoms with van der Waals surface area (Å²) >= 11 is 0. The molecule has 0 aliphatic carbocycles. The highest BCUT2D eigenvalue weighted by Crippen LogP contribution is 2.21. The third-order valence-corrected chi connectivity index (χ3v) is 4.35. The van der Waals surface area contributed by atoms with Crippen molar-refractivity contribution in [2.24, 2.45) is 5.92 Å². The van der Waals surface area contributed by atoms with Gasteiger partial charge in [-0.1, -0.05) is 62.4 Å². The molecule has 0 aliphatic rings. The molecular formula is C21H23N3O2. The number of aromatic nitrogens is 2. The van der Waals surface area contributed by atoms with Crippen molar-refractivity contribution in [3.8, 4) is 0 Å². The molecule has 5 heteroatoms. The highest BCUT2D eigenvalue weighted by Gasteiger charge is 2.17. The van der Waals surface area contributed by atoms with Gasteiger partial charge < -0.3 is 5.32 Å². The van der Waals surface area contributed by atoms with Crippen LogP contribution in [0.15, 0.2) is 59.4 Å². The Labute approximate surface area is 152 Å². The van der Waals surface area contributed by atoms with E-state index in [0.29, 0.717) is 22.4 Å². The van der Waals surface area contributed by atoms with Crippen molar-refractivity contribution >= 4 is 16.7 Å². The van der Waals surface area contributed by atoms with Gasteiger partial charge in [-0.25, -0.2) is 5.10 Å². The number of carbonyl (C=O) groups is 1. The fourth-order valence-electron chi connectivity index (χ4n) is 3.14. The maximum atomic E-state index is 12.7. The summed E-state index contributed by atoms with van der Waals surface area (Å²) in [5.74, 6) is 0.344. The number of carbonyl (C=O) groups excluding carboxylic acids is 1. The van der Waals surface area contributed by atoms with Gasteiger partial charge in [0.15, 0.2) is 0 Å². The summed E-state index contributed by atoms with van der Waals surface area (Å²) in [5.41, 5.74) is 1.43. The standard InChI is InChI=1S/C21H23N3O2/c1-14(2)12-18(15-8-4-3-5-9-15)22-20(25)13-19-16-10-6-7-11-17(16)21(26)24-23-19/h3-11,14,18H,12-13H2,1-2H3,(H,22,25)(H,24,26)/t18-/m0/s1. The first-order valence-corrected chi connectivity index (χ1v) is 8.85. The van der Waals surface area contributed by atoms with Crippen LogP contribution < -0.4 is 10.9 Å². The van der Waals surface area contributed by atoms with E-state index < -0.39 is 0 Å². The van der Waals surface area contributed by atoms with E-state index in [-0.39, 0.29) is 23.9 Å². The monoisotopic (exact) mass is 349 g/mol. The van der Waals surface area contributed by atoms with Gasteiger partial charge in [0.2, 0.25) is 5.91 Å². The first-order valence-electron chi connectivity index (χ1n) is 8.85. The van der Waals surface area contributed by atoms with Crippen LogP contribution in [0.1, 0.15) is 37.6 Å². The SMILES string of the molecule is CC(C)C[C@H](NC(=O)Cc1n[nH]c(=O)c2ccccc12)c1ccccc1. The van der Waals surface area contributed by atoms with Crippen LogP contribution in [-0.2, 0) is 11.2 Å². The van der Waals surface area contributed by atoms with Gasteiger partial charge in [0.05, 0.1) is 23.5 Å². The minimum atomic E-state index is -0.244. The van der Waals surface area contributed by atoms with Crippen LogP contribution in [0.25, 0.3) is 10.8 Å². The Morgan fingerprint density at radius 2 is 1.69 bits per heavy atom. The maximum absolute atomic E-state index is 12.7. The molecule has 0 fully saturated rings. The lowest BCUT2D eigenvalue weighted by Gasteiger charge is -2.21. The van der Waals surface area contributed by atoms with E-state index in [1.54, 1.807) is 12.1 Å². The number of nitrogens with zero attached hydrogens (tertiary/aromatic N) is 1. The normalized spacial score (nSPS) is 12.3. The summed E-state index contributed by atoms with van der Waals surface area (Å²) in [4.78, 5) is 24.5. The van der Waals surface area contributed by atoms with Crippen LogP contribution in [0.5, 0.6) is 0 Å². The van der Waals surface area contributed by atoms with Gasteiger partial charge in [0.25, 0.3) is 5.56 Å². The summed E-state index contributed by atoms with van der Waals surface area (Å²) in [6.07, 6.45) is 0.980. The molecule has 1 amide bonds. The summed E-state index contributed by atoms with van der Waals surface area (Å²) in [6.45, 7) is 4.28. The van der Waals surface area contributed by atoms with E-state index >= 15 is 0 Å². The lowest BCUT2D eigenvalue weighted by Crippen LogP contribution is -2.31. The van der Waals surface area contributed by atoms with Gasteiger partial charge in [-0.2, -0.15) is 5.10 Å². The van der Waals surface area contributed by atoms with Gasteiger partial charge in [-0.05, 0) is 24.0 Å². The number of benzene rings is 2. The van der Waals surface area contributed by atoms with Crippen LogP contribution in [0, 0.1) is 5.92 Å². The lowest BCUT2D eigenvalue weighted by molar-refractivity contribution is -0.121. The zero-order chi connectivity index (χ0) is 18.5. The molecule has 0 saturated heterocycles. The fraction of sp³-hybridized carbons (Fsp3) is 0.286. The Hall–Kier alpha value is -2.95. The molecule has 0 saturated carbocycles. The van der Waals surface area contributed by atoms with Crippen molar-refractivity contribution in [3.05, 3.63) is 76.2 Å². The Bertz CT molecular complexity index is 948. The molecule has 2 aromatic carbocycles. The molecule has 1 atom stereocenters. The molecule has 1 heterocycles. The minimum absolute atomic E-state index is 0.0438. The summed E-state index contributed by atoms with van der Waals surface area (Å²) < 4.78 is 0. The number of H-pyrrole nitrogens is 1. The topological polar surface area (TPSA) is 74.8 Å². The molecule has 0 radical (unpaired) electrons. The van der Waals surface area contributed by atoms with Crippen molar-refractivity contribution in [1.29, 1.82) is 0 Å². The molecule has 134 valence electrons. The van der Waals surface area contributed by atoms with E-state index in [1.807, 2.05) is 42.5 Å². The summed E-state index contributed by atoms with van der Waals surface area (Å²) in [7, 11) is 0. The van der Waals surface area contributed by atoms with Crippen LogP contribution in [0.2, 0.25) is 0 Å². The molecule has 0 spiro atoms. The van der Waals surface area contributed by atoms with Crippen LogP contribution in [-0.4, -0.2) is 16.1 Å². The number of hydrogen-bond donors (Lipinski definition) is 2. The highest BCUT2D eigenvalue weighted by atomic mass is 16.1. The van der Waals surface area contributed by atoms with Crippen LogP contribution >= 0.6 is 0 Å². The largest absolute Gasteiger partial charge is 0.349 e. The van der Waals surface area contributed by atoms with Crippen molar-refractivity contribution in [1.82, 2.24) is 15.5 Å². The number of nitrogens with one attached hydrogen (secondary N) is 2. The third-order valence-electron chi connectivity index (χ3n) is 4.35. The van der Waals surface area contributed by atoms with Crippen molar-refractivity contribution < 1.29 is 4.79 Å². The Morgan fingerprint density at radius 1 is 1.04 bits per heavy atom. The zero-order valence-electron chi connectivity index (χ0n) is 15.0. The predicted molar refractivity (Wildman–Crippen MR) is 103 cm³/mol. The van der Waals surface area contributed by atoms with Gasteiger partial charge >= 0.3 is 0 Å². The highest BCUT2D eigenvalue weighted by molar-refractivity contribution is 5.88. The quantitative estimate of drug-likeness (QED) is 0.716. The van der Waals surface area contributed by atoms with Gasteiger partial charge in [0, 0.05) is 5.39 Å². The average Bonchev–Trinajstić information content (AvgIpc) is 2.64. The van der Waals surface area contributed by atoms with E-state index in [1.165, 1.54) is 0 Å². The average molecular weight is 349 g/mol. The second-order valence-electron chi connectivity index (χ2n) is 6.88. The second kappa shape index (κ2) is 7.95. The summed E-state index contributed by atoms with van der Waals surface area (Å²) in [5, 5.41) is 11.0. The zero-order valence-corrected chi connectivity index (χ0v) is 15.0. The first-order chi connectivity index (χ1) is 12.5. The smallest absolute Gasteiger partial charge is 0.272 e. The van der Waals surface area contributed by atoms with E-state index in [0.717, 1.165) is 12.0 Å². The molecule has 5 nitrogen and oxygen atoms in total. The molecule has 1 aromatic heterocycles. The van der Waals surface area contributed by atoms with E-state index in [9.17, 15) is 9.59 Å². The second-order valence-corrected chi connectivity index (χ2v) is 6.88. The Kier molecular flexibility index (Phi) is 5.46. The number of amides is 1. The molecular weight excluding hydrogens is 326 g/mol. The predicted octanol–water partition coefficient (Wildman–Crippen LogP) is 3.37. The molecule has 2 N–H and O–H groups in total. The van der Waals surface area contributed by atoms with E-state index in [4.69, 9.17) is 0 Å². The Morgan fingerprint density at radius 3 is 2.38 bits per heavy atom. The van der Waals surface area contributed by atoms with Gasteiger partial charge in [-0.15, -0.1) is 0 Å². The number of aromatic amines is 1. The summed E-state index contributed by atoms with van der Waals surface area (Å²) in [6, 6.07) is 17.1. The maximum Gasteiger partial charge on any atom is 0.272 e. The molecule has 26 heavy (non-hydrogen) atoms. The fourth-order valence-corrected chi connectivity index (χ4v) is 3.14. The molecule has 0 aliphatic heterocycles. The van der Waals surface area contributed by atoms with Crippen molar-refractivity contribution in [2.45, 2.75) is 32.7 Å².